The number of hydrogen-bond acceptors (Lipinski definition) is 4. The van der Waals surface area contributed by atoms with Gasteiger partial charge in [0.1, 0.15) is 0 Å². The Morgan fingerprint density at radius 1 is 1.00 bits per heavy atom. The number of hydrogen-bond donors (Lipinski definition) is 2. The molecule has 0 aliphatic rings. The predicted molar refractivity (Wildman–Crippen MR) is 73.3 cm³/mol. The molecule has 0 aromatic carbocycles. The van der Waals surface area contributed by atoms with Crippen molar-refractivity contribution in [3.8, 4) is 0 Å². The van der Waals surface area contributed by atoms with Gasteiger partial charge in [0.25, 0.3) is 0 Å². The Bertz CT molecular complexity index is 192. The average molecular weight is 261 g/mol. The summed E-state index contributed by atoms with van der Waals surface area (Å²) < 4.78 is 5.24. The molecule has 0 spiro atoms. The van der Waals surface area contributed by atoms with Crippen molar-refractivity contribution in [3.05, 3.63) is 0 Å². The highest BCUT2D eigenvalue weighted by atomic mass is 16.7. The fourth-order valence-corrected chi connectivity index (χ4v) is 1.72. The second-order valence-electron chi connectivity index (χ2n) is 5.84. The Morgan fingerprint density at radius 3 is 2.00 bits per heavy atom. The molecule has 0 radical (unpaired) electrons. The lowest BCUT2D eigenvalue weighted by atomic mass is 10.1. The van der Waals surface area contributed by atoms with Crippen LogP contribution in [-0.2, 0) is 4.74 Å². The van der Waals surface area contributed by atoms with Crippen LogP contribution in [0.4, 0.5) is 0 Å². The van der Waals surface area contributed by atoms with Crippen LogP contribution in [0.3, 0.4) is 0 Å². The van der Waals surface area contributed by atoms with Crippen molar-refractivity contribution in [2.75, 3.05) is 6.54 Å². The van der Waals surface area contributed by atoms with Gasteiger partial charge in [0.05, 0.1) is 5.60 Å². The molecule has 0 aromatic heterocycles. The largest absolute Gasteiger partial charge is 0.354 e. The zero-order valence-electron chi connectivity index (χ0n) is 12.5. The molecular formula is C14H31NO3. The summed E-state index contributed by atoms with van der Waals surface area (Å²) >= 11 is 0. The Kier molecular flexibility index (Phi) is 9.64. The molecule has 0 saturated carbocycles. The highest BCUT2D eigenvalue weighted by Gasteiger charge is 2.20. The van der Waals surface area contributed by atoms with Gasteiger partial charge in [-0.05, 0) is 27.2 Å². The van der Waals surface area contributed by atoms with E-state index in [1.807, 2.05) is 20.8 Å². The highest BCUT2D eigenvalue weighted by molar-refractivity contribution is 4.59. The highest BCUT2D eigenvalue weighted by Crippen LogP contribution is 2.12. The Morgan fingerprint density at radius 2 is 1.50 bits per heavy atom. The SMILES string of the molecule is CCCCCCCCCN(O)C(O)OC(C)(C)C. The molecule has 0 amide bonds. The van der Waals surface area contributed by atoms with Crippen LogP contribution in [0.25, 0.3) is 0 Å². The average Bonchev–Trinajstić information content (AvgIpc) is 2.25. The van der Waals surface area contributed by atoms with Crippen molar-refractivity contribution < 1.29 is 15.1 Å². The zero-order chi connectivity index (χ0) is 14.0. The van der Waals surface area contributed by atoms with Gasteiger partial charge in [0, 0.05) is 6.54 Å². The third-order valence-corrected chi connectivity index (χ3v) is 2.70. The first-order valence-corrected chi connectivity index (χ1v) is 7.18. The molecule has 0 bridgehead atoms. The van der Waals surface area contributed by atoms with Crippen LogP contribution < -0.4 is 0 Å². The van der Waals surface area contributed by atoms with Gasteiger partial charge in [0.2, 0.25) is 6.41 Å². The molecule has 110 valence electrons. The number of aliphatic hydroxyl groups is 1. The minimum absolute atomic E-state index is 0.449. The first-order chi connectivity index (χ1) is 8.37. The quantitative estimate of drug-likeness (QED) is 0.359. The van der Waals surface area contributed by atoms with E-state index >= 15 is 0 Å². The minimum atomic E-state index is -1.23. The van der Waals surface area contributed by atoms with Gasteiger partial charge in [-0.15, -0.1) is 5.06 Å². The topological polar surface area (TPSA) is 52.9 Å². The molecular weight excluding hydrogens is 230 g/mol. The maximum absolute atomic E-state index is 9.58. The molecule has 0 aliphatic heterocycles. The van der Waals surface area contributed by atoms with Crippen LogP contribution in [0.2, 0.25) is 0 Å². The van der Waals surface area contributed by atoms with E-state index in [2.05, 4.69) is 6.92 Å². The Hall–Kier alpha value is -0.160. The molecule has 0 aromatic rings. The second-order valence-corrected chi connectivity index (χ2v) is 5.84. The lowest BCUT2D eigenvalue weighted by Crippen LogP contribution is -2.40. The molecule has 1 atom stereocenters. The van der Waals surface area contributed by atoms with Crippen molar-refractivity contribution in [2.45, 2.75) is 84.7 Å². The van der Waals surface area contributed by atoms with Gasteiger partial charge in [-0.2, -0.15) is 0 Å². The van der Waals surface area contributed by atoms with E-state index in [1.54, 1.807) is 0 Å². The third-order valence-electron chi connectivity index (χ3n) is 2.70. The van der Waals surface area contributed by atoms with E-state index in [0.717, 1.165) is 17.9 Å². The predicted octanol–water partition coefficient (Wildman–Crippen LogP) is 3.52. The van der Waals surface area contributed by atoms with E-state index < -0.39 is 12.0 Å². The van der Waals surface area contributed by atoms with Gasteiger partial charge >= 0.3 is 0 Å². The number of ether oxygens (including phenoxy) is 1. The molecule has 2 N–H and O–H groups in total. The smallest absolute Gasteiger partial charge is 0.238 e. The molecule has 4 nitrogen and oxygen atoms in total. The molecule has 0 rings (SSSR count). The van der Waals surface area contributed by atoms with Crippen LogP contribution in [0.15, 0.2) is 0 Å². The first-order valence-electron chi connectivity index (χ1n) is 7.18. The van der Waals surface area contributed by atoms with Crippen LogP contribution in [0.1, 0.15) is 72.6 Å². The van der Waals surface area contributed by atoms with Crippen LogP contribution in [-0.4, -0.2) is 33.9 Å². The van der Waals surface area contributed by atoms with Gasteiger partial charge in [-0.25, -0.2) is 0 Å². The van der Waals surface area contributed by atoms with Gasteiger partial charge in [-0.1, -0.05) is 45.4 Å². The number of aliphatic hydroxyl groups excluding tert-OH is 1. The molecule has 1 unspecified atom stereocenters. The summed E-state index contributed by atoms with van der Waals surface area (Å²) in [6, 6.07) is 0. The van der Waals surface area contributed by atoms with E-state index in [9.17, 15) is 10.3 Å². The molecule has 0 heterocycles. The summed E-state index contributed by atoms with van der Waals surface area (Å²) in [6.45, 7) is 8.19. The van der Waals surface area contributed by atoms with E-state index in [4.69, 9.17) is 4.74 Å². The fraction of sp³-hybridized carbons (Fsp3) is 1.00. The van der Waals surface area contributed by atoms with Crippen molar-refractivity contribution in [1.82, 2.24) is 5.06 Å². The summed E-state index contributed by atoms with van der Waals surface area (Å²) in [5.41, 5.74) is -0.458. The molecule has 4 heteroatoms. The number of hydroxylamine groups is 2. The molecule has 0 fully saturated rings. The second kappa shape index (κ2) is 9.73. The zero-order valence-corrected chi connectivity index (χ0v) is 12.5. The Labute approximate surface area is 112 Å². The van der Waals surface area contributed by atoms with Crippen LogP contribution in [0.5, 0.6) is 0 Å². The number of nitrogens with zero attached hydrogens (tertiary/aromatic N) is 1. The third kappa shape index (κ3) is 11.0. The number of rotatable bonds is 10. The van der Waals surface area contributed by atoms with Gasteiger partial charge < -0.3 is 15.1 Å². The first kappa shape index (κ1) is 17.8. The van der Waals surface area contributed by atoms with Crippen LogP contribution in [0, 0.1) is 0 Å². The van der Waals surface area contributed by atoms with E-state index in [-0.39, 0.29) is 0 Å². The monoisotopic (exact) mass is 261 g/mol. The maximum Gasteiger partial charge on any atom is 0.238 e. The van der Waals surface area contributed by atoms with E-state index in [0.29, 0.717) is 6.54 Å². The minimum Gasteiger partial charge on any atom is -0.354 e. The fourth-order valence-electron chi connectivity index (χ4n) is 1.72. The van der Waals surface area contributed by atoms with Crippen molar-refractivity contribution in [3.63, 3.8) is 0 Å². The Balaban J connectivity index is 3.49. The van der Waals surface area contributed by atoms with Crippen molar-refractivity contribution >= 4 is 0 Å². The maximum atomic E-state index is 9.58. The van der Waals surface area contributed by atoms with Crippen molar-refractivity contribution in [1.29, 1.82) is 0 Å². The lowest BCUT2D eigenvalue weighted by molar-refractivity contribution is -0.325. The lowest BCUT2D eigenvalue weighted by Gasteiger charge is -2.28. The summed E-state index contributed by atoms with van der Waals surface area (Å²) in [4.78, 5) is 0. The molecule has 18 heavy (non-hydrogen) atoms. The standard InChI is InChI=1S/C14H31NO3/c1-5-6-7-8-9-10-11-12-15(17)13(16)18-14(2,3)4/h13,16-17H,5-12H2,1-4H3. The molecule has 0 saturated heterocycles. The van der Waals surface area contributed by atoms with Crippen molar-refractivity contribution in [2.24, 2.45) is 0 Å². The van der Waals surface area contributed by atoms with Gasteiger partial charge in [0.15, 0.2) is 0 Å². The summed E-state index contributed by atoms with van der Waals surface area (Å²) in [7, 11) is 0. The summed E-state index contributed by atoms with van der Waals surface area (Å²) in [5.74, 6) is 0. The molecule has 0 aliphatic carbocycles. The van der Waals surface area contributed by atoms with E-state index in [1.165, 1.54) is 32.1 Å². The van der Waals surface area contributed by atoms with Crippen LogP contribution >= 0.6 is 0 Å². The summed E-state index contributed by atoms with van der Waals surface area (Å²) in [6.07, 6.45) is 7.07. The summed E-state index contributed by atoms with van der Waals surface area (Å²) in [5, 5.41) is 20.0. The number of unbranched alkanes of at least 4 members (excludes halogenated alkanes) is 6. The van der Waals surface area contributed by atoms with Gasteiger partial charge in [-0.3, -0.25) is 0 Å². The normalized spacial score (nSPS) is 14.2.